The summed E-state index contributed by atoms with van der Waals surface area (Å²) in [5, 5.41) is 4.44. The van der Waals surface area contributed by atoms with Crippen LogP contribution in [-0.4, -0.2) is 9.78 Å². The number of nitrogens with zero attached hydrogens (tertiary/aromatic N) is 2. The molecule has 1 aliphatic rings. The predicted octanol–water partition coefficient (Wildman–Crippen LogP) is 3.92. The Morgan fingerprint density at radius 2 is 1.70 bits per heavy atom. The molecule has 2 N–H and O–H groups in total. The van der Waals surface area contributed by atoms with Crippen LogP contribution in [0.25, 0.3) is 11.3 Å². The maximum absolute atomic E-state index is 13.3. The molecule has 2 aromatic rings. The van der Waals surface area contributed by atoms with Crippen LogP contribution in [-0.2, 0) is 0 Å². The van der Waals surface area contributed by atoms with Crippen molar-refractivity contribution in [2.75, 3.05) is 5.73 Å². The number of anilines is 1. The molecule has 0 aliphatic heterocycles. The highest BCUT2D eigenvalue weighted by Crippen LogP contribution is 2.32. The van der Waals surface area contributed by atoms with E-state index in [9.17, 15) is 8.78 Å². The van der Waals surface area contributed by atoms with Gasteiger partial charge in [-0.3, -0.25) is 4.68 Å². The van der Waals surface area contributed by atoms with Gasteiger partial charge in [-0.2, -0.15) is 5.10 Å². The smallest absolute Gasteiger partial charge is 0.126 e. The third kappa shape index (κ3) is 2.53. The van der Waals surface area contributed by atoms with E-state index < -0.39 is 11.6 Å². The Hall–Kier alpha value is -1.91. The van der Waals surface area contributed by atoms with Gasteiger partial charge in [0.25, 0.3) is 0 Å². The van der Waals surface area contributed by atoms with Gasteiger partial charge < -0.3 is 5.73 Å². The van der Waals surface area contributed by atoms with E-state index in [1.54, 1.807) is 6.20 Å². The Balaban J connectivity index is 1.95. The van der Waals surface area contributed by atoms with Crippen molar-refractivity contribution in [3.8, 4) is 11.3 Å². The maximum atomic E-state index is 13.3. The highest BCUT2D eigenvalue weighted by molar-refractivity contribution is 5.72. The summed E-state index contributed by atoms with van der Waals surface area (Å²) in [5.74, 6) is -1.24. The van der Waals surface area contributed by atoms with Crippen LogP contribution in [0.3, 0.4) is 0 Å². The van der Waals surface area contributed by atoms with Gasteiger partial charge in [0.15, 0.2) is 0 Å². The fourth-order valence-corrected chi connectivity index (χ4v) is 2.85. The molecule has 0 amide bonds. The SMILES string of the molecule is Nc1cn(C2CCCCC2)nc1-c1cc(F)cc(F)c1. The van der Waals surface area contributed by atoms with Crippen molar-refractivity contribution in [1.82, 2.24) is 9.78 Å². The monoisotopic (exact) mass is 277 g/mol. The van der Waals surface area contributed by atoms with Crippen molar-refractivity contribution in [3.05, 3.63) is 36.0 Å². The number of hydrogen-bond donors (Lipinski definition) is 1. The molecule has 20 heavy (non-hydrogen) atoms. The molecular formula is C15H17F2N3. The Morgan fingerprint density at radius 3 is 2.35 bits per heavy atom. The van der Waals surface area contributed by atoms with Gasteiger partial charge >= 0.3 is 0 Å². The lowest BCUT2D eigenvalue weighted by Crippen LogP contribution is -2.13. The number of benzene rings is 1. The molecule has 0 radical (unpaired) electrons. The van der Waals surface area contributed by atoms with Gasteiger partial charge in [0.05, 0.1) is 11.7 Å². The fraction of sp³-hybridized carbons (Fsp3) is 0.400. The zero-order valence-corrected chi connectivity index (χ0v) is 11.1. The van der Waals surface area contributed by atoms with Crippen LogP contribution < -0.4 is 5.73 Å². The van der Waals surface area contributed by atoms with Gasteiger partial charge in [-0.05, 0) is 25.0 Å². The summed E-state index contributed by atoms with van der Waals surface area (Å²) in [6.45, 7) is 0. The van der Waals surface area contributed by atoms with Crippen molar-refractivity contribution < 1.29 is 8.78 Å². The first-order valence-electron chi connectivity index (χ1n) is 6.94. The van der Waals surface area contributed by atoms with E-state index in [2.05, 4.69) is 5.10 Å². The number of rotatable bonds is 2. The Morgan fingerprint density at radius 1 is 1.05 bits per heavy atom. The minimum absolute atomic E-state index is 0.346. The van der Waals surface area contributed by atoms with Gasteiger partial charge in [-0.15, -0.1) is 0 Å². The first-order chi connectivity index (χ1) is 9.63. The Bertz CT molecular complexity index is 595. The van der Waals surface area contributed by atoms with Gasteiger partial charge in [-0.25, -0.2) is 8.78 Å². The van der Waals surface area contributed by atoms with Crippen molar-refractivity contribution >= 4 is 5.69 Å². The average molecular weight is 277 g/mol. The van der Waals surface area contributed by atoms with Crippen LogP contribution in [0.4, 0.5) is 14.5 Å². The van der Waals surface area contributed by atoms with E-state index in [1.165, 1.54) is 31.4 Å². The van der Waals surface area contributed by atoms with Crippen molar-refractivity contribution in [2.24, 2.45) is 0 Å². The van der Waals surface area contributed by atoms with Crippen LogP contribution in [0, 0.1) is 11.6 Å². The van der Waals surface area contributed by atoms with Crippen molar-refractivity contribution in [1.29, 1.82) is 0 Å². The molecule has 106 valence electrons. The van der Waals surface area contributed by atoms with Crippen LogP contribution in [0.2, 0.25) is 0 Å². The lowest BCUT2D eigenvalue weighted by molar-refractivity contribution is 0.330. The first kappa shape index (κ1) is 13.1. The molecule has 1 saturated carbocycles. The minimum Gasteiger partial charge on any atom is -0.396 e. The molecular weight excluding hydrogens is 260 g/mol. The molecule has 5 heteroatoms. The molecule has 1 aromatic carbocycles. The molecule has 0 spiro atoms. The van der Waals surface area contributed by atoms with Gasteiger partial charge in [0.1, 0.15) is 17.3 Å². The molecule has 3 nitrogen and oxygen atoms in total. The van der Waals surface area contributed by atoms with E-state index in [4.69, 9.17) is 5.73 Å². The molecule has 1 heterocycles. The van der Waals surface area contributed by atoms with Gasteiger partial charge in [0.2, 0.25) is 0 Å². The lowest BCUT2D eigenvalue weighted by Gasteiger charge is -2.21. The normalized spacial score (nSPS) is 16.5. The summed E-state index contributed by atoms with van der Waals surface area (Å²) < 4.78 is 28.4. The molecule has 0 atom stereocenters. The third-order valence-electron chi connectivity index (χ3n) is 3.85. The molecule has 1 aromatic heterocycles. The van der Waals surface area contributed by atoms with E-state index in [-0.39, 0.29) is 0 Å². The summed E-state index contributed by atoms with van der Waals surface area (Å²) in [7, 11) is 0. The van der Waals surface area contributed by atoms with Crippen molar-refractivity contribution in [3.63, 3.8) is 0 Å². The molecule has 0 bridgehead atoms. The van der Waals surface area contributed by atoms with Crippen molar-refractivity contribution in [2.45, 2.75) is 38.1 Å². The number of halogens is 2. The second-order valence-corrected chi connectivity index (χ2v) is 5.36. The molecule has 1 aliphatic carbocycles. The van der Waals surface area contributed by atoms with E-state index >= 15 is 0 Å². The Labute approximate surface area is 116 Å². The standard InChI is InChI=1S/C15H17F2N3/c16-11-6-10(7-12(17)8-11)15-14(18)9-20(19-15)13-4-2-1-3-5-13/h6-9,13H,1-5,18H2. The summed E-state index contributed by atoms with van der Waals surface area (Å²) in [6, 6.07) is 3.70. The lowest BCUT2D eigenvalue weighted by atomic mass is 9.96. The third-order valence-corrected chi connectivity index (χ3v) is 3.85. The topological polar surface area (TPSA) is 43.8 Å². The molecule has 1 fully saturated rings. The number of nitrogen functional groups attached to an aromatic ring is 1. The predicted molar refractivity (Wildman–Crippen MR) is 74.1 cm³/mol. The van der Waals surface area contributed by atoms with Crippen LogP contribution in [0.1, 0.15) is 38.1 Å². The number of hydrogen-bond acceptors (Lipinski definition) is 2. The summed E-state index contributed by atoms with van der Waals surface area (Å²) in [4.78, 5) is 0. The summed E-state index contributed by atoms with van der Waals surface area (Å²) >= 11 is 0. The van der Waals surface area contributed by atoms with E-state index in [0.717, 1.165) is 18.9 Å². The zero-order valence-electron chi connectivity index (χ0n) is 11.1. The van der Waals surface area contributed by atoms with Gasteiger partial charge in [-0.1, -0.05) is 19.3 Å². The van der Waals surface area contributed by atoms with Gasteiger partial charge in [0, 0.05) is 17.8 Å². The average Bonchev–Trinajstić information content (AvgIpc) is 2.81. The zero-order chi connectivity index (χ0) is 14.1. The summed E-state index contributed by atoms with van der Waals surface area (Å²) in [6.07, 6.45) is 7.57. The molecule has 0 unspecified atom stereocenters. The fourth-order valence-electron chi connectivity index (χ4n) is 2.85. The second-order valence-electron chi connectivity index (χ2n) is 5.36. The second kappa shape index (κ2) is 5.23. The highest BCUT2D eigenvalue weighted by atomic mass is 19.1. The van der Waals surface area contributed by atoms with Crippen LogP contribution in [0.5, 0.6) is 0 Å². The number of nitrogens with two attached hydrogens (primary N) is 1. The van der Waals surface area contributed by atoms with E-state index in [0.29, 0.717) is 23.0 Å². The number of aromatic nitrogens is 2. The largest absolute Gasteiger partial charge is 0.396 e. The molecule has 3 rings (SSSR count). The quantitative estimate of drug-likeness (QED) is 0.904. The summed E-state index contributed by atoms with van der Waals surface area (Å²) in [5.41, 5.74) is 7.25. The Kier molecular flexibility index (Phi) is 3.42. The van der Waals surface area contributed by atoms with Crippen LogP contribution in [0.15, 0.2) is 24.4 Å². The minimum atomic E-state index is -0.619. The molecule has 0 saturated heterocycles. The first-order valence-corrected chi connectivity index (χ1v) is 6.94. The van der Waals surface area contributed by atoms with E-state index in [1.807, 2.05) is 4.68 Å². The van der Waals surface area contributed by atoms with Crippen LogP contribution >= 0.6 is 0 Å². The maximum Gasteiger partial charge on any atom is 0.126 e. The highest BCUT2D eigenvalue weighted by Gasteiger charge is 2.19.